The van der Waals surface area contributed by atoms with Crippen molar-refractivity contribution in [3.63, 3.8) is 0 Å². The SMILES string of the molecule is CC1(C)O/C(=C2/C(=O)Nc3ccc(F)cc32)C=C1c1ccc(CN2C[C@@H](O)[C@H](O)[C@@H](O)C2)cc1. The summed E-state index contributed by atoms with van der Waals surface area (Å²) >= 11 is 0. The van der Waals surface area contributed by atoms with Gasteiger partial charge in [-0.25, -0.2) is 4.39 Å². The van der Waals surface area contributed by atoms with Gasteiger partial charge in [-0.2, -0.15) is 0 Å². The lowest BCUT2D eigenvalue weighted by Gasteiger charge is -2.36. The Morgan fingerprint density at radius 1 is 1.09 bits per heavy atom. The molecule has 0 bridgehead atoms. The molecule has 5 rings (SSSR count). The van der Waals surface area contributed by atoms with E-state index < -0.39 is 29.7 Å². The number of anilines is 1. The Hall–Kier alpha value is -3.04. The molecule has 0 unspecified atom stereocenters. The van der Waals surface area contributed by atoms with Crippen LogP contribution < -0.4 is 5.32 Å². The number of benzene rings is 2. The molecule has 3 aliphatic heterocycles. The van der Waals surface area contributed by atoms with Crippen molar-refractivity contribution in [2.45, 2.75) is 44.3 Å². The zero-order valence-electron chi connectivity index (χ0n) is 19.0. The van der Waals surface area contributed by atoms with Crippen LogP contribution in [0.1, 0.15) is 30.5 Å². The number of halogens is 1. The van der Waals surface area contributed by atoms with Gasteiger partial charge in [-0.3, -0.25) is 9.69 Å². The predicted molar refractivity (Wildman–Crippen MR) is 125 cm³/mol. The van der Waals surface area contributed by atoms with E-state index in [0.29, 0.717) is 29.1 Å². The summed E-state index contributed by atoms with van der Waals surface area (Å²) in [6, 6.07) is 12.0. The van der Waals surface area contributed by atoms with Crippen LogP contribution in [0.5, 0.6) is 0 Å². The maximum atomic E-state index is 13.8. The Morgan fingerprint density at radius 2 is 1.76 bits per heavy atom. The fourth-order valence-electron chi connectivity index (χ4n) is 4.86. The summed E-state index contributed by atoms with van der Waals surface area (Å²) < 4.78 is 20.0. The van der Waals surface area contributed by atoms with Gasteiger partial charge >= 0.3 is 0 Å². The Morgan fingerprint density at radius 3 is 2.44 bits per heavy atom. The first kappa shape index (κ1) is 22.7. The minimum absolute atomic E-state index is 0.285. The largest absolute Gasteiger partial charge is 0.482 e. The number of carbonyl (C=O) groups is 1. The third kappa shape index (κ3) is 4.03. The van der Waals surface area contributed by atoms with E-state index in [2.05, 4.69) is 5.32 Å². The molecule has 3 aliphatic rings. The Labute approximate surface area is 196 Å². The summed E-state index contributed by atoms with van der Waals surface area (Å²) in [7, 11) is 0. The van der Waals surface area contributed by atoms with Gasteiger partial charge in [-0.15, -0.1) is 0 Å². The van der Waals surface area contributed by atoms with Gasteiger partial charge in [-0.05, 0) is 49.2 Å². The van der Waals surface area contributed by atoms with E-state index in [1.165, 1.54) is 12.1 Å². The first-order chi connectivity index (χ1) is 16.1. The van der Waals surface area contributed by atoms with Crippen molar-refractivity contribution in [2.75, 3.05) is 18.4 Å². The number of carbonyl (C=O) groups excluding carboxylic acids is 1. The molecule has 0 aliphatic carbocycles. The molecule has 34 heavy (non-hydrogen) atoms. The van der Waals surface area contributed by atoms with E-state index in [0.717, 1.165) is 16.7 Å². The molecule has 1 amide bonds. The van der Waals surface area contributed by atoms with Crippen molar-refractivity contribution in [3.8, 4) is 0 Å². The van der Waals surface area contributed by atoms with Gasteiger partial charge in [0.15, 0.2) is 0 Å². The number of piperidine rings is 1. The van der Waals surface area contributed by atoms with Crippen LogP contribution in [-0.4, -0.2) is 63.1 Å². The first-order valence-electron chi connectivity index (χ1n) is 11.2. The number of hydrogen-bond donors (Lipinski definition) is 4. The summed E-state index contributed by atoms with van der Waals surface area (Å²) in [5.74, 6) is -0.343. The van der Waals surface area contributed by atoms with Gasteiger partial charge in [0, 0.05) is 36.5 Å². The van der Waals surface area contributed by atoms with E-state index in [9.17, 15) is 24.5 Å². The number of aliphatic hydroxyl groups is 3. The highest BCUT2D eigenvalue weighted by Gasteiger charge is 2.38. The summed E-state index contributed by atoms with van der Waals surface area (Å²) in [5.41, 5.74) is 3.48. The lowest BCUT2D eigenvalue weighted by atomic mass is 9.91. The lowest BCUT2D eigenvalue weighted by molar-refractivity contribution is -0.111. The molecule has 8 heteroatoms. The van der Waals surface area contributed by atoms with E-state index in [1.54, 1.807) is 6.07 Å². The maximum absolute atomic E-state index is 13.8. The van der Waals surface area contributed by atoms with Crippen LogP contribution in [0.15, 0.2) is 54.3 Å². The molecule has 0 spiro atoms. The zero-order chi connectivity index (χ0) is 24.2. The lowest BCUT2D eigenvalue weighted by Crippen LogP contribution is -2.54. The number of nitrogens with one attached hydrogen (secondary N) is 1. The Balaban J connectivity index is 1.41. The molecule has 4 N–H and O–H groups in total. The number of rotatable bonds is 3. The van der Waals surface area contributed by atoms with Gasteiger partial charge < -0.3 is 25.4 Å². The standard InChI is InChI=1S/C26H27FN2O5/c1-26(2)18(10-22(34-26)23-17-9-16(27)7-8-19(17)28-25(23)33)15-5-3-14(4-6-15)11-29-12-20(30)24(32)21(31)13-29/h3-10,20-21,24,30-32H,11-13H2,1-2H3,(H,28,33)/b23-22+/t20-,21+,24+. The number of β-amino-alcohol motifs (C(OH)–C–C–N with tert-alkyl or cyclic N) is 2. The van der Waals surface area contributed by atoms with Gasteiger partial charge in [0.25, 0.3) is 5.91 Å². The monoisotopic (exact) mass is 466 g/mol. The minimum Gasteiger partial charge on any atom is -0.482 e. The van der Waals surface area contributed by atoms with Crippen LogP contribution in [0, 0.1) is 5.82 Å². The average molecular weight is 467 g/mol. The fraction of sp³-hybridized carbons (Fsp3) is 0.346. The van der Waals surface area contributed by atoms with Gasteiger partial charge in [-0.1, -0.05) is 24.3 Å². The van der Waals surface area contributed by atoms with Gasteiger partial charge in [0.1, 0.15) is 23.3 Å². The van der Waals surface area contributed by atoms with E-state index in [4.69, 9.17) is 4.74 Å². The summed E-state index contributed by atoms with van der Waals surface area (Å²) in [6.45, 7) is 4.93. The normalized spacial score (nSPS) is 28.4. The zero-order valence-corrected chi connectivity index (χ0v) is 19.0. The van der Waals surface area contributed by atoms with Crippen LogP contribution in [0.3, 0.4) is 0 Å². The van der Waals surface area contributed by atoms with Gasteiger partial charge in [0.2, 0.25) is 0 Å². The molecule has 2 aromatic rings. The second kappa shape index (κ2) is 8.32. The van der Waals surface area contributed by atoms with Crippen LogP contribution in [-0.2, 0) is 16.1 Å². The number of fused-ring (bicyclic) bond motifs is 1. The highest BCUT2D eigenvalue weighted by molar-refractivity contribution is 6.32. The number of nitrogens with zero attached hydrogens (tertiary/aromatic N) is 1. The second-order valence-electron chi connectivity index (χ2n) is 9.57. The number of ether oxygens (including phenoxy) is 1. The molecule has 1 fully saturated rings. The number of aliphatic hydroxyl groups excluding tert-OH is 3. The topological polar surface area (TPSA) is 102 Å². The van der Waals surface area contributed by atoms with Crippen molar-refractivity contribution in [3.05, 3.63) is 76.8 Å². The third-order valence-electron chi connectivity index (χ3n) is 6.61. The molecule has 7 nitrogen and oxygen atoms in total. The highest BCUT2D eigenvalue weighted by Crippen LogP contribution is 2.44. The first-order valence-corrected chi connectivity index (χ1v) is 11.2. The van der Waals surface area contributed by atoms with Crippen LogP contribution >= 0.6 is 0 Å². The average Bonchev–Trinajstić information content (AvgIpc) is 3.26. The number of amides is 1. The predicted octanol–water partition coefficient (Wildman–Crippen LogP) is 2.28. The Bertz CT molecular complexity index is 1190. The van der Waals surface area contributed by atoms with Crippen LogP contribution in [0.2, 0.25) is 0 Å². The molecule has 3 heterocycles. The van der Waals surface area contributed by atoms with Crippen molar-refractivity contribution in [1.29, 1.82) is 0 Å². The van der Waals surface area contributed by atoms with Crippen molar-refractivity contribution >= 4 is 22.7 Å². The summed E-state index contributed by atoms with van der Waals surface area (Å²) in [4.78, 5) is 14.5. The van der Waals surface area contributed by atoms with E-state index in [1.807, 2.05) is 49.1 Å². The van der Waals surface area contributed by atoms with E-state index in [-0.39, 0.29) is 19.0 Å². The van der Waals surface area contributed by atoms with E-state index >= 15 is 0 Å². The van der Waals surface area contributed by atoms with Crippen molar-refractivity contribution in [1.82, 2.24) is 4.90 Å². The van der Waals surface area contributed by atoms with Gasteiger partial charge in [0.05, 0.1) is 17.8 Å². The van der Waals surface area contributed by atoms with Crippen molar-refractivity contribution in [2.24, 2.45) is 0 Å². The smallest absolute Gasteiger partial charge is 0.260 e. The molecular formula is C26H27FN2O5. The summed E-state index contributed by atoms with van der Waals surface area (Å²) in [6.07, 6.45) is -1.25. The molecule has 0 aromatic heterocycles. The Kier molecular flexibility index (Phi) is 5.56. The number of allylic oxidation sites excluding steroid dienone is 1. The number of hydrogen-bond acceptors (Lipinski definition) is 6. The maximum Gasteiger partial charge on any atom is 0.260 e. The molecule has 3 atom stereocenters. The molecular weight excluding hydrogens is 439 g/mol. The quantitative estimate of drug-likeness (QED) is 0.518. The molecule has 1 saturated heterocycles. The second-order valence-corrected chi connectivity index (χ2v) is 9.57. The molecule has 0 saturated carbocycles. The highest BCUT2D eigenvalue weighted by atomic mass is 19.1. The van der Waals surface area contributed by atoms with Crippen LogP contribution in [0.4, 0.5) is 10.1 Å². The molecule has 178 valence electrons. The fourth-order valence-corrected chi connectivity index (χ4v) is 4.86. The summed E-state index contributed by atoms with van der Waals surface area (Å²) in [5, 5.41) is 32.3. The molecule has 0 radical (unpaired) electrons. The molecule has 2 aromatic carbocycles. The van der Waals surface area contributed by atoms with Crippen LogP contribution in [0.25, 0.3) is 11.1 Å². The third-order valence-corrected chi connectivity index (χ3v) is 6.61. The minimum atomic E-state index is -1.12. The van der Waals surface area contributed by atoms with Crippen molar-refractivity contribution < 1.29 is 29.2 Å². The number of likely N-dealkylation sites (tertiary alicyclic amines) is 1.